The van der Waals surface area contributed by atoms with E-state index in [1.54, 1.807) is 6.20 Å². The van der Waals surface area contributed by atoms with Crippen LogP contribution in [0.25, 0.3) is 0 Å². The van der Waals surface area contributed by atoms with E-state index in [4.69, 9.17) is 4.74 Å². The summed E-state index contributed by atoms with van der Waals surface area (Å²) in [7, 11) is 0. The minimum atomic E-state index is 0.774. The number of unbranched alkanes of at least 4 members (excludes halogenated alkanes) is 3. The molecule has 0 saturated carbocycles. The molecular formula is C14H24N2O. The number of aromatic nitrogens is 1. The Morgan fingerprint density at radius 3 is 2.88 bits per heavy atom. The lowest BCUT2D eigenvalue weighted by atomic mass is 10.2. The Hall–Kier alpha value is -1.09. The molecule has 0 aliphatic heterocycles. The normalized spacial score (nSPS) is 10.5. The summed E-state index contributed by atoms with van der Waals surface area (Å²) in [6.45, 7) is 6.88. The van der Waals surface area contributed by atoms with Gasteiger partial charge in [0.25, 0.3) is 0 Å². The molecule has 0 aliphatic rings. The summed E-state index contributed by atoms with van der Waals surface area (Å²) in [5.41, 5.74) is 1.14. The van der Waals surface area contributed by atoms with E-state index in [-0.39, 0.29) is 0 Å². The van der Waals surface area contributed by atoms with Crippen LogP contribution in [0.2, 0.25) is 0 Å². The molecule has 1 heterocycles. The van der Waals surface area contributed by atoms with Gasteiger partial charge in [-0.3, -0.25) is 0 Å². The fourth-order valence-electron chi connectivity index (χ4n) is 1.65. The van der Waals surface area contributed by atoms with Gasteiger partial charge in [0, 0.05) is 18.3 Å². The minimum Gasteiger partial charge on any atom is -0.477 e. The quantitative estimate of drug-likeness (QED) is 0.669. The van der Waals surface area contributed by atoms with E-state index in [2.05, 4.69) is 30.2 Å². The third kappa shape index (κ3) is 5.68. The molecule has 0 fully saturated rings. The summed E-state index contributed by atoms with van der Waals surface area (Å²) >= 11 is 0. The number of nitrogens with zero attached hydrogens (tertiary/aromatic N) is 1. The topological polar surface area (TPSA) is 34.1 Å². The van der Waals surface area contributed by atoms with E-state index in [9.17, 15) is 0 Å². The predicted molar refractivity (Wildman–Crippen MR) is 71.3 cm³/mol. The van der Waals surface area contributed by atoms with Gasteiger partial charge in [-0.05, 0) is 19.0 Å². The largest absolute Gasteiger partial charge is 0.477 e. The molecule has 1 aromatic heterocycles. The average molecular weight is 236 g/mol. The van der Waals surface area contributed by atoms with Gasteiger partial charge in [0.15, 0.2) is 0 Å². The third-order valence-electron chi connectivity index (χ3n) is 2.65. The van der Waals surface area contributed by atoms with Gasteiger partial charge in [-0.2, -0.15) is 0 Å². The van der Waals surface area contributed by atoms with Gasteiger partial charge in [-0.25, -0.2) is 4.98 Å². The number of pyridine rings is 1. The summed E-state index contributed by atoms with van der Waals surface area (Å²) in [6.07, 6.45) is 6.69. The Morgan fingerprint density at radius 2 is 2.12 bits per heavy atom. The lowest BCUT2D eigenvalue weighted by Crippen LogP contribution is -2.13. The zero-order valence-electron chi connectivity index (χ0n) is 11.0. The Balaban J connectivity index is 2.35. The maximum atomic E-state index is 5.73. The van der Waals surface area contributed by atoms with Crippen molar-refractivity contribution < 1.29 is 4.74 Å². The summed E-state index contributed by atoms with van der Waals surface area (Å²) < 4.78 is 5.73. The standard InChI is InChI=1S/C14H24N2O/c1-3-5-6-7-11-17-14-13(12-15-4-2)9-8-10-16-14/h8-10,15H,3-7,11-12H2,1-2H3. The molecule has 0 saturated heterocycles. The number of ether oxygens (including phenoxy) is 1. The molecule has 0 bridgehead atoms. The molecule has 0 radical (unpaired) electrons. The van der Waals surface area contributed by atoms with Crippen molar-refractivity contribution in [3.05, 3.63) is 23.9 Å². The summed E-state index contributed by atoms with van der Waals surface area (Å²) in [6, 6.07) is 4.02. The highest BCUT2D eigenvalue weighted by Crippen LogP contribution is 2.14. The second-order valence-corrected chi connectivity index (χ2v) is 4.16. The fraction of sp³-hybridized carbons (Fsp3) is 0.643. The van der Waals surface area contributed by atoms with Gasteiger partial charge < -0.3 is 10.1 Å². The molecular weight excluding hydrogens is 212 g/mol. The number of nitrogens with one attached hydrogen (secondary N) is 1. The van der Waals surface area contributed by atoms with Gasteiger partial charge in [0.1, 0.15) is 0 Å². The van der Waals surface area contributed by atoms with Gasteiger partial charge in [0.2, 0.25) is 5.88 Å². The number of hydrogen-bond donors (Lipinski definition) is 1. The van der Waals surface area contributed by atoms with Gasteiger partial charge in [0.05, 0.1) is 6.61 Å². The highest BCUT2D eigenvalue weighted by molar-refractivity contribution is 5.25. The van der Waals surface area contributed by atoms with Gasteiger partial charge >= 0.3 is 0 Å². The molecule has 96 valence electrons. The van der Waals surface area contributed by atoms with E-state index in [0.717, 1.165) is 37.6 Å². The Kier molecular flexibility index (Phi) is 7.39. The van der Waals surface area contributed by atoms with Crippen molar-refractivity contribution in [1.82, 2.24) is 10.3 Å². The summed E-state index contributed by atoms with van der Waals surface area (Å²) in [5.74, 6) is 0.782. The zero-order chi connectivity index (χ0) is 12.3. The second kappa shape index (κ2) is 8.99. The second-order valence-electron chi connectivity index (χ2n) is 4.16. The zero-order valence-corrected chi connectivity index (χ0v) is 11.0. The van der Waals surface area contributed by atoms with Crippen LogP contribution in [0.4, 0.5) is 0 Å². The molecule has 17 heavy (non-hydrogen) atoms. The minimum absolute atomic E-state index is 0.774. The number of hydrogen-bond acceptors (Lipinski definition) is 3. The molecule has 0 spiro atoms. The first-order valence-corrected chi connectivity index (χ1v) is 6.65. The lowest BCUT2D eigenvalue weighted by Gasteiger charge is -2.10. The monoisotopic (exact) mass is 236 g/mol. The maximum absolute atomic E-state index is 5.73. The molecule has 3 nitrogen and oxygen atoms in total. The van der Waals surface area contributed by atoms with E-state index >= 15 is 0 Å². The van der Waals surface area contributed by atoms with E-state index < -0.39 is 0 Å². The van der Waals surface area contributed by atoms with Gasteiger partial charge in [-0.1, -0.05) is 39.2 Å². The van der Waals surface area contributed by atoms with Crippen LogP contribution in [0.1, 0.15) is 45.1 Å². The first kappa shape index (κ1) is 14.0. The third-order valence-corrected chi connectivity index (χ3v) is 2.65. The molecule has 1 aromatic rings. The maximum Gasteiger partial charge on any atom is 0.217 e. The van der Waals surface area contributed by atoms with Crippen molar-refractivity contribution in [3.8, 4) is 5.88 Å². The van der Waals surface area contributed by atoms with Crippen LogP contribution >= 0.6 is 0 Å². The lowest BCUT2D eigenvalue weighted by molar-refractivity contribution is 0.290. The highest BCUT2D eigenvalue weighted by Gasteiger charge is 2.03. The first-order valence-electron chi connectivity index (χ1n) is 6.65. The van der Waals surface area contributed by atoms with Crippen molar-refractivity contribution >= 4 is 0 Å². The van der Waals surface area contributed by atoms with E-state index in [1.807, 2.05) is 6.07 Å². The molecule has 0 atom stereocenters. The summed E-state index contributed by atoms with van der Waals surface area (Å²) in [5, 5.41) is 3.30. The van der Waals surface area contributed by atoms with Crippen LogP contribution < -0.4 is 10.1 Å². The highest BCUT2D eigenvalue weighted by atomic mass is 16.5. The first-order chi connectivity index (χ1) is 8.38. The molecule has 3 heteroatoms. The van der Waals surface area contributed by atoms with Crippen molar-refractivity contribution in [2.45, 2.75) is 46.1 Å². The molecule has 1 N–H and O–H groups in total. The summed E-state index contributed by atoms with van der Waals surface area (Å²) in [4.78, 5) is 4.29. The van der Waals surface area contributed by atoms with Crippen LogP contribution in [0.5, 0.6) is 5.88 Å². The van der Waals surface area contributed by atoms with Crippen molar-refractivity contribution in [3.63, 3.8) is 0 Å². The molecule has 0 aliphatic carbocycles. The Morgan fingerprint density at radius 1 is 1.24 bits per heavy atom. The Labute approximate surface area is 105 Å². The molecule has 0 amide bonds. The van der Waals surface area contributed by atoms with Crippen LogP contribution in [0.3, 0.4) is 0 Å². The average Bonchev–Trinajstić information content (AvgIpc) is 2.37. The van der Waals surface area contributed by atoms with Crippen LogP contribution in [0.15, 0.2) is 18.3 Å². The van der Waals surface area contributed by atoms with Crippen LogP contribution in [-0.2, 0) is 6.54 Å². The van der Waals surface area contributed by atoms with Crippen LogP contribution in [-0.4, -0.2) is 18.1 Å². The van der Waals surface area contributed by atoms with Crippen LogP contribution in [0, 0.1) is 0 Å². The van der Waals surface area contributed by atoms with E-state index in [0.29, 0.717) is 0 Å². The van der Waals surface area contributed by atoms with Gasteiger partial charge in [-0.15, -0.1) is 0 Å². The smallest absolute Gasteiger partial charge is 0.217 e. The van der Waals surface area contributed by atoms with E-state index in [1.165, 1.54) is 19.3 Å². The Bertz CT molecular complexity index is 302. The molecule has 0 aromatic carbocycles. The van der Waals surface area contributed by atoms with Crippen molar-refractivity contribution in [1.29, 1.82) is 0 Å². The van der Waals surface area contributed by atoms with Crippen molar-refractivity contribution in [2.75, 3.05) is 13.2 Å². The predicted octanol–water partition coefficient (Wildman–Crippen LogP) is 3.15. The molecule has 1 rings (SSSR count). The fourth-order valence-corrected chi connectivity index (χ4v) is 1.65. The number of rotatable bonds is 9. The SMILES string of the molecule is CCCCCCOc1ncccc1CNCC. The molecule has 0 unspecified atom stereocenters. The van der Waals surface area contributed by atoms with Crippen molar-refractivity contribution in [2.24, 2.45) is 0 Å².